The zero-order valence-electron chi connectivity index (χ0n) is 12.7. The summed E-state index contributed by atoms with van der Waals surface area (Å²) in [4.78, 5) is 20.9. The molecule has 0 bridgehead atoms. The number of thioether (sulfide) groups is 1. The maximum atomic E-state index is 12.2. The van der Waals surface area contributed by atoms with E-state index in [-0.39, 0.29) is 5.56 Å². The molecule has 0 radical (unpaired) electrons. The molecule has 3 rings (SSSR count). The summed E-state index contributed by atoms with van der Waals surface area (Å²) < 4.78 is 0. The summed E-state index contributed by atoms with van der Waals surface area (Å²) in [6, 6.07) is 15.5. The zero-order chi connectivity index (χ0) is 15.5. The molecule has 1 heterocycles. The molecule has 0 amide bonds. The first kappa shape index (κ1) is 14.9. The second-order valence-corrected chi connectivity index (χ2v) is 6.69. The number of aromatic amines is 1. The van der Waals surface area contributed by atoms with Crippen molar-refractivity contribution in [2.24, 2.45) is 5.92 Å². The van der Waals surface area contributed by atoms with Crippen LogP contribution in [0.4, 0.5) is 0 Å². The van der Waals surface area contributed by atoms with Gasteiger partial charge in [-0.2, -0.15) is 0 Å². The summed E-state index contributed by atoms with van der Waals surface area (Å²) in [7, 11) is 0. The number of H-pyrrole nitrogens is 1. The fourth-order valence-electron chi connectivity index (χ4n) is 2.26. The first-order chi connectivity index (χ1) is 10.6. The Bertz CT molecular complexity index is 855. The van der Waals surface area contributed by atoms with Gasteiger partial charge in [0.05, 0.1) is 10.9 Å². The van der Waals surface area contributed by atoms with Crippen LogP contribution in [0.15, 0.2) is 58.2 Å². The summed E-state index contributed by atoms with van der Waals surface area (Å²) in [5.41, 5.74) is 1.62. The lowest BCUT2D eigenvalue weighted by Crippen LogP contribution is -2.09. The van der Waals surface area contributed by atoms with Gasteiger partial charge in [-0.15, -0.1) is 11.8 Å². The highest BCUT2D eigenvalue weighted by molar-refractivity contribution is 7.99. The molecule has 0 atom stereocenters. The Labute approximate surface area is 133 Å². The molecule has 0 spiro atoms. The number of nitrogens with zero attached hydrogens (tertiary/aromatic N) is 1. The number of rotatable bonds is 4. The fraction of sp³-hybridized carbons (Fsp3) is 0.222. The van der Waals surface area contributed by atoms with E-state index in [2.05, 4.69) is 29.9 Å². The second-order valence-electron chi connectivity index (χ2n) is 5.63. The van der Waals surface area contributed by atoms with Crippen molar-refractivity contribution in [3.8, 4) is 11.4 Å². The topological polar surface area (TPSA) is 45.8 Å². The molecule has 112 valence electrons. The maximum Gasteiger partial charge on any atom is 0.259 e. The van der Waals surface area contributed by atoms with Crippen molar-refractivity contribution in [3.05, 3.63) is 58.9 Å². The molecule has 4 heteroatoms. The van der Waals surface area contributed by atoms with Gasteiger partial charge in [0.15, 0.2) is 0 Å². The minimum atomic E-state index is -0.0933. The van der Waals surface area contributed by atoms with Crippen molar-refractivity contribution in [3.63, 3.8) is 0 Å². The van der Waals surface area contributed by atoms with Crippen molar-refractivity contribution in [1.82, 2.24) is 9.97 Å². The van der Waals surface area contributed by atoms with Crippen LogP contribution in [0.2, 0.25) is 0 Å². The van der Waals surface area contributed by atoms with E-state index in [4.69, 9.17) is 0 Å². The first-order valence-electron chi connectivity index (χ1n) is 7.36. The monoisotopic (exact) mass is 310 g/mol. The molecular weight excluding hydrogens is 292 g/mol. The average molecular weight is 310 g/mol. The van der Waals surface area contributed by atoms with Gasteiger partial charge in [0.25, 0.3) is 5.56 Å². The van der Waals surface area contributed by atoms with E-state index in [0.717, 1.165) is 21.7 Å². The van der Waals surface area contributed by atoms with Gasteiger partial charge in [-0.1, -0.05) is 44.2 Å². The molecule has 0 aliphatic carbocycles. The lowest BCUT2D eigenvalue weighted by atomic mass is 10.2. The zero-order valence-corrected chi connectivity index (χ0v) is 13.5. The highest BCUT2D eigenvalue weighted by atomic mass is 32.2. The molecule has 0 saturated carbocycles. The largest absolute Gasteiger partial charge is 0.306 e. The molecule has 0 unspecified atom stereocenters. The van der Waals surface area contributed by atoms with Gasteiger partial charge in [0.1, 0.15) is 5.82 Å². The summed E-state index contributed by atoms with van der Waals surface area (Å²) >= 11 is 1.80. The van der Waals surface area contributed by atoms with E-state index in [1.165, 1.54) is 0 Å². The van der Waals surface area contributed by atoms with E-state index in [1.807, 2.05) is 36.4 Å². The Morgan fingerprint density at radius 1 is 1.09 bits per heavy atom. The quantitative estimate of drug-likeness (QED) is 0.729. The molecule has 0 aliphatic rings. The van der Waals surface area contributed by atoms with E-state index in [1.54, 1.807) is 17.8 Å². The van der Waals surface area contributed by atoms with Crippen LogP contribution >= 0.6 is 11.8 Å². The number of fused-ring (bicyclic) bond motifs is 1. The normalized spacial score (nSPS) is 11.2. The predicted molar refractivity (Wildman–Crippen MR) is 93.4 cm³/mol. The Morgan fingerprint density at radius 3 is 2.64 bits per heavy atom. The van der Waals surface area contributed by atoms with E-state index < -0.39 is 0 Å². The average Bonchev–Trinajstić information content (AvgIpc) is 2.53. The Kier molecular flexibility index (Phi) is 4.29. The van der Waals surface area contributed by atoms with Gasteiger partial charge in [-0.3, -0.25) is 4.79 Å². The third-order valence-electron chi connectivity index (χ3n) is 3.33. The smallest absolute Gasteiger partial charge is 0.259 e. The van der Waals surface area contributed by atoms with Crippen LogP contribution in [0.1, 0.15) is 13.8 Å². The minimum absolute atomic E-state index is 0.0933. The molecule has 1 N–H and O–H groups in total. The van der Waals surface area contributed by atoms with Crippen LogP contribution in [0, 0.1) is 5.92 Å². The molecule has 3 aromatic rings. The van der Waals surface area contributed by atoms with Crippen molar-refractivity contribution in [2.75, 3.05) is 5.75 Å². The SMILES string of the molecule is CC(C)CSc1ccccc1-c1nc2ccccc2c(=O)[nH]1. The minimum Gasteiger partial charge on any atom is -0.306 e. The lowest BCUT2D eigenvalue weighted by Gasteiger charge is -2.10. The van der Waals surface area contributed by atoms with Gasteiger partial charge in [-0.05, 0) is 24.1 Å². The van der Waals surface area contributed by atoms with Crippen LogP contribution < -0.4 is 5.56 Å². The van der Waals surface area contributed by atoms with Crippen molar-refractivity contribution in [1.29, 1.82) is 0 Å². The Hall–Kier alpha value is -2.07. The van der Waals surface area contributed by atoms with E-state index >= 15 is 0 Å². The Morgan fingerprint density at radius 2 is 1.82 bits per heavy atom. The standard InChI is InChI=1S/C18H18N2OS/c1-12(2)11-22-16-10-6-4-8-14(16)17-19-15-9-5-3-7-13(15)18(21)20-17/h3-10,12H,11H2,1-2H3,(H,19,20,21). The summed E-state index contributed by atoms with van der Waals surface area (Å²) in [5.74, 6) is 2.28. The van der Waals surface area contributed by atoms with E-state index in [9.17, 15) is 4.79 Å². The predicted octanol–water partition coefficient (Wildman–Crippen LogP) is 4.34. The third kappa shape index (κ3) is 3.07. The highest BCUT2D eigenvalue weighted by Gasteiger charge is 2.10. The van der Waals surface area contributed by atoms with Crippen LogP contribution in [0.3, 0.4) is 0 Å². The molecule has 3 nitrogen and oxygen atoms in total. The lowest BCUT2D eigenvalue weighted by molar-refractivity contribution is 0.750. The highest BCUT2D eigenvalue weighted by Crippen LogP contribution is 2.30. The maximum absolute atomic E-state index is 12.2. The molecule has 2 aromatic carbocycles. The van der Waals surface area contributed by atoms with Crippen LogP contribution in [0.25, 0.3) is 22.3 Å². The summed E-state index contributed by atoms with van der Waals surface area (Å²) in [6.45, 7) is 4.40. The van der Waals surface area contributed by atoms with Crippen molar-refractivity contribution < 1.29 is 0 Å². The Balaban J connectivity index is 2.09. The third-order valence-corrected chi connectivity index (χ3v) is 4.83. The van der Waals surface area contributed by atoms with Crippen molar-refractivity contribution >= 4 is 22.7 Å². The van der Waals surface area contributed by atoms with Gasteiger partial charge < -0.3 is 4.98 Å². The van der Waals surface area contributed by atoms with Crippen molar-refractivity contribution in [2.45, 2.75) is 18.7 Å². The van der Waals surface area contributed by atoms with Gasteiger partial charge in [-0.25, -0.2) is 4.98 Å². The van der Waals surface area contributed by atoms with E-state index in [0.29, 0.717) is 17.1 Å². The molecular formula is C18H18N2OS. The van der Waals surface area contributed by atoms with Crippen LogP contribution in [0.5, 0.6) is 0 Å². The van der Waals surface area contributed by atoms with Crippen LogP contribution in [-0.2, 0) is 0 Å². The number of benzene rings is 2. The number of para-hydroxylation sites is 1. The molecule has 1 aromatic heterocycles. The number of nitrogens with one attached hydrogen (secondary N) is 1. The van der Waals surface area contributed by atoms with Gasteiger partial charge >= 0.3 is 0 Å². The number of hydrogen-bond donors (Lipinski definition) is 1. The summed E-state index contributed by atoms with van der Waals surface area (Å²) in [5, 5.41) is 0.624. The van der Waals surface area contributed by atoms with Crippen LogP contribution in [-0.4, -0.2) is 15.7 Å². The molecule has 0 aliphatic heterocycles. The second kappa shape index (κ2) is 6.36. The molecule has 0 fully saturated rings. The fourth-order valence-corrected chi connectivity index (χ4v) is 3.27. The molecule has 22 heavy (non-hydrogen) atoms. The van der Waals surface area contributed by atoms with Gasteiger partial charge in [0, 0.05) is 16.2 Å². The number of aromatic nitrogens is 2. The summed E-state index contributed by atoms with van der Waals surface area (Å²) in [6.07, 6.45) is 0. The van der Waals surface area contributed by atoms with Gasteiger partial charge in [0.2, 0.25) is 0 Å². The first-order valence-corrected chi connectivity index (χ1v) is 8.35. The molecule has 0 saturated heterocycles. The number of hydrogen-bond acceptors (Lipinski definition) is 3.